The van der Waals surface area contributed by atoms with Crippen LogP contribution in [0.3, 0.4) is 0 Å². The van der Waals surface area contributed by atoms with Gasteiger partial charge in [-0.2, -0.15) is 0 Å². The Morgan fingerprint density at radius 1 is 1.40 bits per heavy atom. The number of hydrogen-bond donors (Lipinski definition) is 1. The first-order valence-electron chi connectivity index (χ1n) is 5.25. The van der Waals surface area contributed by atoms with Crippen LogP contribution >= 0.6 is 12.4 Å². The molecule has 1 aliphatic heterocycles. The third-order valence-electron chi connectivity index (χ3n) is 2.86. The van der Waals surface area contributed by atoms with Crippen molar-refractivity contribution < 1.29 is 4.74 Å². The average molecular weight is 228 g/mol. The van der Waals surface area contributed by atoms with Gasteiger partial charge in [0, 0.05) is 6.54 Å². The van der Waals surface area contributed by atoms with Crippen LogP contribution in [0.2, 0.25) is 0 Å². The van der Waals surface area contributed by atoms with Crippen LogP contribution in [-0.2, 0) is 0 Å². The van der Waals surface area contributed by atoms with Gasteiger partial charge in [-0.05, 0) is 43.0 Å². The molecule has 1 saturated heterocycles. The Labute approximate surface area is 97.4 Å². The van der Waals surface area contributed by atoms with E-state index in [0.29, 0.717) is 5.92 Å². The quantitative estimate of drug-likeness (QED) is 0.839. The fourth-order valence-corrected chi connectivity index (χ4v) is 2.03. The predicted octanol–water partition coefficient (Wildman–Crippen LogP) is 2.58. The summed E-state index contributed by atoms with van der Waals surface area (Å²) in [7, 11) is 1.72. The molecule has 1 heterocycles. The van der Waals surface area contributed by atoms with Crippen LogP contribution in [-0.4, -0.2) is 20.2 Å². The number of nitrogens with one attached hydrogen (secondary N) is 1. The fourth-order valence-electron chi connectivity index (χ4n) is 2.03. The number of hydrogen-bond acceptors (Lipinski definition) is 2. The van der Waals surface area contributed by atoms with E-state index >= 15 is 0 Å². The molecule has 2 rings (SSSR count). The predicted molar refractivity (Wildman–Crippen MR) is 65.1 cm³/mol. The van der Waals surface area contributed by atoms with Crippen molar-refractivity contribution in [1.82, 2.24) is 5.32 Å². The standard InChI is InChI=1S/C12H17NO.ClH/c1-14-12-6-2-4-10(8-12)11-5-3-7-13-9-11;/h2,4,6,8,11,13H,3,5,7,9H2,1H3;1H/t11-;/m0./s1. The summed E-state index contributed by atoms with van der Waals surface area (Å²) in [6.45, 7) is 2.27. The maximum absolute atomic E-state index is 5.23. The topological polar surface area (TPSA) is 21.3 Å². The number of piperidine rings is 1. The molecule has 0 aromatic heterocycles. The van der Waals surface area contributed by atoms with Crippen molar-refractivity contribution in [2.24, 2.45) is 0 Å². The van der Waals surface area contributed by atoms with Gasteiger partial charge in [-0.15, -0.1) is 12.4 Å². The van der Waals surface area contributed by atoms with Crippen molar-refractivity contribution in [2.75, 3.05) is 20.2 Å². The molecule has 0 radical (unpaired) electrons. The van der Waals surface area contributed by atoms with E-state index in [9.17, 15) is 0 Å². The second-order valence-electron chi connectivity index (χ2n) is 3.82. The molecule has 1 fully saturated rings. The van der Waals surface area contributed by atoms with Gasteiger partial charge in [0.2, 0.25) is 0 Å². The molecule has 1 aliphatic rings. The summed E-state index contributed by atoms with van der Waals surface area (Å²) in [4.78, 5) is 0. The van der Waals surface area contributed by atoms with Gasteiger partial charge in [0.05, 0.1) is 7.11 Å². The molecule has 1 atom stereocenters. The Morgan fingerprint density at radius 3 is 2.93 bits per heavy atom. The van der Waals surface area contributed by atoms with E-state index in [1.54, 1.807) is 7.11 Å². The zero-order chi connectivity index (χ0) is 9.80. The SMILES string of the molecule is COc1cccc([C@H]2CCCNC2)c1.Cl. The minimum absolute atomic E-state index is 0. The van der Waals surface area contributed by atoms with E-state index in [-0.39, 0.29) is 12.4 Å². The van der Waals surface area contributed by atoms with Gasteiger partial charge in [-0.3, -0.25) is 0 Å². The molecule has 1 N–H and O–H groups in total. The van der Waals surface area contributed by atoms with E-state index in [2.05, 4.69) is 23.5 Å². The first-order valence-corrected chi connectivity index (χ1v) is 5.25. The van der Waals surface area contributed by atoms with Crippen molar-refractivity contribution in [2.45, 2.75) is 18.8 Å². The molecular formula is C12H18ClNO. The fraction of sp³-hybridized carbons (Fsp3) is 0.500. The monoisotopic (exact) mass is 227 g/mol. The first kappa shape index (κ1) is 12.3. The molecule has 0 unspecified atom stereocenters. The van der Waals surface area contributed by atoms with Crippen molar-refractivity contribution in [3.05, 3.63) is 29.8 Å². The number of benzene rings is 1. The molecular weight excluding hydrogens is 210 g/mol. The van der Waals surface area contributed by atoms with Crippen LogP contribution in [0.1, 0.15) is 24.3 Å². The van der Waals surface area contributed by atoms with Gasteiger partial charge in [-0.25, -0.2) is 0 Å². The third kappa shape index (κ3) is 3.11. The minimum atomic E-state index is 0. The molecule has 3 heteroatoms. The highest BCUT2D eigenvalue weighted by molar-refractivity contribution is 5.85. The molecule has 84 valence electrons. The lowest BCUT2D eigenvalue weighted by molar-refractivity contribution is 0.411. The Morgan fingerprint density at radius 2 is 2.27 bits per heavy atom. The van der Waals surface area contributed by atoms with Crippen molar-refractivity contribution in [3.63, 3.8) is 0 Å². The Hall–Kier alpha value is -0.730. The summed E-state index contributed by atoms with van der Waals surface area (Å²) in [6.07, 6.45) is 2.57. The van der Waals surface area contributed by atoms with Gasteiger partial charge in [0.1, 0.15) is 5.75 Å². The van der Waals surface area contributed by atoms with E-state index < -0.39 is 0 Å². The largest absolute Gasteiger partial charge is 0.497 e. The normalized spacial score (nSPS) is 20.5. The second-order valence-corrected chi connectivity index (χ2v) is 3.82. The second kappa shape index (κ2) is 5.99. The maximum Gasteiger partial charge on any atom is 0.119 e. The molecule has 0 bridgehead atoms. The maximum atomic E-state index is 5.23. The highest BCUT2D eigenvalue weighted by Crippen LogP contribution is 2.25. The number of methoxy groups -OCH3 is 1. The molecule has 0 aliphatic carbocycles. The molecule has 0 amide bonds. The van der Waals surface area contributed by atoms with Gasteiger partial charge in [0.25, 0.3) is 0 Å². The molecule has 2 nitrogen and oxygen atoms in total. The summed E-state index contributed by atoms with van der Waals surface area (Å²) in [5.41, 5.74) is 1.40. The Kier molecular flexibility index (Phi) is 4.92. The van der Waals surface area contributed by atoms with Crippen molar-refractivity contribution in [1.29, 1.82) is 0 Å². The van der Waals surface area contributed by atoms with E-state index in [1.165, 1.54) is 24.9 Å². The van der Waals surface area contributed by atoms with Crippen molar-refractivity contribution in [3.8, 4) is 5.75 Å². The minimum Gasteiger partial charge on any atom is -0.497 e. The number of ether oxygens (including phenoxy) is 1. The summed E-state index contributed by atoms with van der Waals surface area (Å²) in [6, 6.07) is 8.42. The average Bonchev–Trinajstić information content (AvgIpc) is 2.30. The van der Waals surface area contributed by atoms with Gasteiger partial charge >= 0.3 is 0 Å². The van der Waals surface area contributed by atoms with E-state index in [4.69, 9.17) is 4.74 Å². The van der Waals surface area contributed by atoms with Gasteiger partial charge in [0.15, 0.2) is 0 Å². The van der Waals surface area contributed by atoms with Crippen LogP contribution in [0, 0.1) is 0 Å². The molecule has 0 spiro atoms. The molecule has 1 aromatic carbocycles. The highest BCUT2D eigenvalue weighted by Gasteiger charge is 2.14. The van der Waals surface area contributed by atoms with Crippen molar-refractivity contribution >= 4 is 12.4 Å². The Balaban J connectivity index is 0.00000112. The lowest BCUT2D eigenvalue weighted by Crippen LogP contribution is -2.28. The highest BCUT2D eigenvalue weighted by atomic mass is 35.5. The van der Waals surface area contributed by atoms with E-state index in [1.807, 2.05) is 6.07 Å². The van der Waals surface area contributed by atoms with Gasteiger partial charge < -0.3 is 10.1 Å². The van der Waals surface area contributed by atoms with Crippen LogP contribution < -0.4 is 10.1 Å². The number of rotatable bonds is 2. The smallest absolute Gasteiger partial charge is 0.119 e. The summed E-state index contributed by atoms with van der Waals surface area (Å²) in [5, 5.41) is 3.43. The van der Waals surface area contributed by atoms with Gasteiger partial charge in [-0.1, -0.05) is 12.1 Å². The summed E-state index contributed by atoms with van der Waals surface area (Å²) >= 11 is 0. The first-order chi connectivity index (χ1) is 6.90. The lowest BCUT2D eigenvalue weighted by atomic mass is 9.92. The van der Waals surface area contributed by atoms with Crippen LogP contribution in [0.4, 0.5) is 0 Å². The molecule has 1 aromatic rings. The number of halogens is 1. The molecule has 0 saturated carbocycles. The summed E-state index contributed by atoms with van der Waals surface area (Å²) < 4.78 is 5.23. The zero-order valence-corrected chi connectivity index (χ0v) is 9.85. The third-order valence-corrected chi connectivity index (χ3v) is 2.86. The Bertz CT molecular complexity index is 297. The van der Waals surface area contributed by atoms with Crippen LogP contribution in [0.25, 0.3) is 0 Å². The zero-order valence-electron chi connectivity index (χ0n) is 9.03. The van der Waals surface area contributed by atoms with Crippen LogP contribution in [0.5, 0.6) is 5.75 Å². The van der Waals surface area contributed by atoms with Crippen LogP contribution in [0.15, 0.2) is 24.3 Å². The molecule has 15 heavy (non-hydrogen) atoms. The van der Waals surface area contributed by atoms with E-state index in [0.717, 1.165) is 12.3 Å². The summed E-state index contributed by atoms with van der Waals surface area (Å²) in [5.74, 6) is 1.63. The lowest BCUT2D eigenvalue weighted by Gasteiger charge is -2.23.